The van der Waals surface area contributed by atoms with Crippen LogP contribution in [0.3, 0.4) is 0 Å². The molecule has 2 atom stereocenters. The maximum Gasteiger partial charge on any atom is 0.415 e. The van der Waals surface area contributed by atoms with Gasteiger partial charge in [-0.3, -0.25) is 19.2 Å². The highest BCUT2D eigenvalue weighted by atomic mass is 19.3. The summed E-state index contributed by atoms with van der Waals surface area (Å²) in [7, 11) is 0. The van der Waals surface area contributed by atoms with Crippen molar-refractivity contribution in [3.63, 3.8) is 0 Å². The van der Waals surface area contributed by atoms with Gasteiger partial charge in [0, 0.05) is 55.7 Å². The molecule has 1 aliphatic rings. The summed E-state index contributed by atoms with van der Waals surface area (Å²) in [5, 5.41) is 20.4. The van der Waals surface area contributed by atoms with Crippen molar-refractivity contribution in [1.82, 2.24) is 10.6 Å². The minimum atomic E-state index is -3.34. The quantitative estimate of drug-likeness (QED) is 0.0186. The Morgan fingerprint density at radius 2 is 1.24 bits per heavy atom. The van der Waals surface area contributed by atoms with Gasteiger partial charge in [0.2, 0.25) is 5.91 Å². The molecule has 3 rings (SSSR count). The average molecular weight is 968 g/mol. The number of alkyl halides is 2. The monoisotopic (exact) mass is 967 g/mol. The van der Waals surface area contributed by atoms with Crippen LogP contribution >= 0.6 is 0 Å². The van der Waals surface area contributed by atoms with Crippen molar-refractivity contribution in [2.75, 3.05) is 72.5 Å². The molecule has 68 heavy (non-hydrogen) atoms. The first-order chi connectivity index (χ1) is 32.7. The predicted molar refractivity (Wildman–Crippen MR) is 231 cm³/mol. The van der Waals surface area contributed by atoms with E-state index in [2.05, 4.69) is 41.2 Å². The number of nitrogens with zero attached hydrogens (tertiary/aromatic N) is 6. The summed E-state index contributed by atoms with van der Waals surface area (Å²) in [5.74, 6) is -4.30. The van der Waals surface area contributed by atoms with E-state index in [0.717, 1.165) is 17.7 Å². The Labute approximate surface area is 390 Å². The third-order valence-electron chi connectivity index (χ3n) is 8.02. The van der Waals surface area contributed by atoms with Crippen LogP contribution in [0.1, 0.15) is 56.6 Å². The number of ether oxygens (including phenoxy) is 7. The summed E-state index contributed by atoms with van der Waals surface area (Å²) >= 11 is 0. The molecule has 2 aromatic carbocycles. The molecule has 1 saturated heterocycles. The molecule has 0 aromatic heterocycles. The lowest BCUT2D eigenvalue weighted by molar-refractivity contribution is -0.374. The SMILES string of the molecule is CC(=O)N[C@@H](CCC(=O)OCc1ccccc1)C(=O)CCCOCCOCCN=[N+]=[N-].O=C(CC[C@@H]1NC(=O)OC1=O)OCc1ccccc1.O=C([O-])C(F)F.[N-]=[N+]=NCCOCCOCC[NH3+]. The van der Waals surface area contributed by atoms with Crippen molar-refractivity contribution in [2.24, 2.45) is 10.2 Å². The zero-order valence-electron chi connectivity index (χ0n) is 37.7. The van der Waals surface area contributed by atoms with Gasteiger partial charge in [-0.1, -0.05) is 70.9 Å². The van der Waals surface area contributed by atoms with E-state index in [1.807, 2.05) is 60.7 Å². The Bertz CT molecular complexity index is 1860. The van der Waals surface area contributed by atoms with E-state index in [1.165, 1.54) is 6.92 Å². The molecule has 1 aliphatic heterocycles. The largest absolute Gasteiger partial charge is 0.544 e. The van der Waals surface area contributed by atoms with E-state index in [9.17, 15) is 37.5 Å². The van der Waals surface area contributed by atoms with E-state index in [-0.39, 0.29) is 63.6 Å². The van der Waals surface area contributed by atoms with E-state index < -0.39 is 48.5 Å². The number of aliphatic carboxylic acids is 1. The number of hydrogen-bond donors (Lipinski definition) is 3. The second kappa shape index (κ2) is 41.6. The summed E-state index contributed by atoms with van der Waals surface area (Å²) < 4.78 is 56.3. The molecule has 0 spiro atoms. The number of nitrogens with one attached hydrogen (secondary N) is 2. The first kappa shape index (κ1) is 61.2. The summed E-state index contributed by atoms with van der Waals surface area (Å²) in [6, 6.07) is 17.1. The third kappa shape index (κ3) is 36.4. The van der Waals surface area contributed by atoms with Gasteiger partial charge in [-0.05, 0) is 41.5 Å². The van der Waals surface area contributed by atoms with E-state index in [1.54, 1.807) is 0 Å². The number of carboxylic acid groups (broad SMARTS) is 1. The number of rotatable bonds is 31. The number of azide groups is 2. The van der Waals surface area contributed by atoms with Gasteiger partial charge in [0.05, 0.1) is 58.8 Å². The van der Waals surface area contributed by atoms with Gasteiger partial charge < -0.3 is 59.4 Å². The normalized spacial score (nSPS) is 12.6. The molecule has 0 saturated carbocycles. The maximum atomic E-state index is 12.4. The first-order valence-electron chi connectivity index (χ1n) is 21.1. The van der Waals surface area contributed by atoms with Gasteiger partial charge in [-0.15, -0.1) is 0 Å². The van der Waals surface area contributed by atoms with E-state index >= 15 is 0 Å². The van der Waals surface area contributed by atoms with Crippen LogP contribution in [0.15, 0.2) is 70.9 Å². The van der Waals surface area contributed by atoms with Crippen LogP contribution in [-0.4, -0.2) is 133 Å². The molecule has 0 bridgehead atoms. The van der Waals surface area contributed by atoms with Crippen molar-refractivity contribution in [3.8, 4) is 0 Å². The Kier molecular flexibility index (Phi) is 37.5. The van der Waals surface area contributed by atoms with Crippen molar-refractivity contribution in [1.29, 1.82) is 0 Å². The zero-order valence-corrected chi connectivity index (χ0v) is 37.7. The molecule has 0 radical (unpaired) electrons. The van der Waals surface area contributed by atoms with Crippen LogP contribution in [0.5, 0.6) is 0 Å². The molecule has 26 heteroatoms. The minimum Gasteiger partial charge on any atom is -0.544 e. The smallest absolute Gasteiger partial charge is 0.415 e. The van der Waals surface area contributed by atoms with E-state index in [4.69, 9.17) is 49.4 Å². The number of ketones is 1. The Morgan fingerprint density at radius 3 is 1.66 bits per heavy atom. The summed E-state index contributed by atoms with van der Waals surface area (Å²) in [6.07, 6.45) is -2.95. The molecule has 2 aromatic rings. The number of halogens is 2. The molecule has 0 unspecified atom stereocenters. The Balaban J connectivity index is 0.00000102. The summed E-state index contributed by atoms with van der Waals surface area (Å²) in [4.78, 5) is 83.2. The number of benzene rings is 2. The zero-order chi connectivity index (χ0) is 50.6. The maximum absolute atomic E-state index is 12.4. The summed E-state index contributed by atoms with van der Waals surface area (Å²) in [5.41, 5.74) is 21.4. The highest BCUT2D eigenvalue weighted by molar-refractivity contribution is 5.95. The molecule has 2 amide bonds. The Morgan fingerprint density at radius 1 is 0.765 bits per heavy atom. The van der Waals surface area contributed by atoms with Gasteiger partial charge in [0.25, 0.3) is 6.43 Å². The molecule has 0 aliphatic carbocycles. The fraction of sp³-hybridized carbons (Fsp3) is 0.548. The van der Waals surface area contributed by atoms with Gasteiger partial charge in [-0.2, -0.15) is 0 Å². The van der Waals surface area contributed by atoms with Crippen molar-refractivity contribution in [3.05, 3.63) is 92.7 Å². The fourth-order valence-electron chi connectivity index (χ4n) is 4.86. The van der Waals surface area contributed by atoms with Crippen molar-refractivity contribution < 1.29 is 86.3 Å². The van der Waals surface area contributed by atoms with Crippen molar-refractivity contribution >= 4 is 41.7 Å². The molecule has 1 heterocycles. The summed E-state index contributed by atoms with van der Waals surface area (Å²) in [6.45, 7) is 6.81. The molecule has 1 fully saturated rings. The fourth-order valence-corrected chi connectivity index (χ4v) is 4.86. The lowest BCUT2D eigenvalue weighted by Crippen LogP contribution is -2.52. The second-order valence-corrected chi connectivity index (χ2v) is 13.4. The number of carboxylic acids is 1. The Hall–Kier alpha value is -6.79. The number of alkyl carbamates (subject to hydrolysis) is 1. The topological polar surface area (TPSA) is 356 Å². The first-order valence-corrected chi connectivity index (χ1v) is 21.1. The number of Topliss-reactive ketones (excluding diaryl/α,β-unsaturated/α-hetero) is 1. The molecule has 5 N–H and O–H groups in total. The van der Waals surface area contributed by atoms with Crippen LogP contribution in [-0.2, 0) is 75.1 Å². The number of hydrogen-bond acceptors (Lipinski definition) is 17. The van der Waals surface area contributed by atoms with Gasteiger partial charge in [-0.25, -0.2) is 18.4 Å². The number of carbonyl (C=O) groups excluding carboxylic acids is 7. The highest BCUT2D eigenvalue weighted by Gasteiger charge is 2.32. The second-order valence-electron chi connectivity index (χ2n) is 13.4. The number of quaternary nitrogens is 1. The molecule has 24 nitrogen and oxygen atoms in total. The average Bonchev–Trinajstić information content (AvgIpc) is 3.66. The van der Waals surface area contributed by atoms with Crippen LogP contribution < -0.4 is 21.5 Å². The van der Waals surface area contributed by atoms with Gasteiger partial charge >= 0.3 is 24.0 Å². The van der Waals surface area contributed by atoms with Crippen LogP contribution in [0.2, 0.25) is 0 Å². The van der Waals surface area contributed by atoms with Crippen LogP contribution in [0.4, 0.5) is 13.6 Å². The van der Waals surface area contributed by atoms with Gasteiger partial charge in [0.1, 0.15) is 25.2 Å². The lowest BCUT2D eigenvalue weighted by atomic mass is 10.0. The number of amides is 2. The minimum absolute atomic E-state index is 0.0349. The van der Waals surface area contributed by atoms with Crippen LogP contribution in [0.25, 0.3) is 20.9 Å². The number of cyclic esters (lactones) is 2. The molecular weight excluding hydrogens is 909 g/mol. The third-order valence-corrected chi connectivity index (χ3v) is 8.02. The molecule has 376 valence electrons. The van der Waals surface area contributed by atoms with E-state index in [0.29, 0.717) is 65.8 Å². The number of carbonyl (C=O) groups is 7. The number of esters is 3. The lowest BCUT2D eigenvalue weighted by Gasteiger charge is -2.16. The standard InChI is InChI=1S/C21H30N4O6.C13H13NO5.C6H14N4O2.C2H2F2O2/c1-17(26)24-19(9-10-21(28)31-16-18-6-3-2-4-7-18)20(27)8-5-12-29-14-15-30-13-11-23-25-22;15-11(18-8-9-4-2-1-3-5-9)7-6-10-12(16)19-13(17)14-10;7-1-3-11-5-6-12-4-2-9-10-8;3-1(4)2(5)6/h2-4,6-7,19H,5,8-16H2,1H3,(H,24,26);1-5,10H,6-8H2,(H,14,17);1-7H2;1H,(H,5,6)/t19-;10-;;/m00../s1. The highest BCUT2D eigenvalue weighted by Crippen LogP contribution is 2.10. The van der Waals surface area contributed by atoms with Crippen LogP contribution in [0, 0.1) is 0 Å². The van der Waals surface area contributed by atoms with Crippen molar-refractivity contribution in [2.45, 2.75) is 77.2 Å². The van der Waals surface area contributed by atoms with Gasteiger partial charge in [0.15, 0.2) is 5.78 Å². The molecular formula is C42H59F2N9O15. The predicted octanol–water partition coefficient (Wildman–Crippen LogP) is 2.43.